The molecule has 2 N–H and O–H groups in total. The number of aromatic nitrogens is 2. The van der Waals surface area contributed by atoms with Crippen molar-refractivity contribution in [3.63, 3.8) is 0 Å². The van der Waals surface area contributed by atoms with E-state index in [1.54, 1.807) is 0 Å². The van der Waals surface area contributed by atoms with Gasteiger partial charge in [-0.25, -0.2) is 4.98 Å². The van der Waals surface area contributed by atoms with Crippen LogP contribution in [0.1, 0.15) is 40.9 Å². The van der Waals surface area contributed by atoms with Crippen molar-refractivity contribution < 1.29 is 0 Å². The fraction of sp³-hybridized carbons (Fsp3) is 0.333. The molecule has 0 aliphatic rings. The average molecular weight is 517 g/mol. The summed E-state index contributed by atoms with van der Waals surface area (Å²) in [5, 5.41) is 6.86. The third-order valence-electron chi connectivity index (χ3n) is 5.17. The van der Waals surface area contributed by atoms with Crippen LogP contribution in [-0.2, 0) is 13.1 Å². The van der Waals surface area contributed by atoms with Gasteiger partial charge >= 0.3 is 0 Å². The first-order valence-corrected chi connectivity index (χ1v) is 10.1. The molecule has 5 nitrogen and oxygen atoms in total. The van der Waals surface area contributed by atoms with E-state index in [4.69, 9.17) is 0 Å². The second-order valence-corrected chi connectivity index (χ2v) is 7.54. The molecule has 30 heavy (non-hydrogen) atoms. The number of guanidine groups is 1. The van der Waals surface area contributed by atoms with Crippen molar-refractivity contribution in [2.45, 2.75) is 39.8 Å². The Kier molecular flexibility index (Phi) is 9.36. The van der Waals surface area contributed by atoms with Crippen LogP contribution >= 0.6 is 24.0 Å². The number of nitrogens with one attached hydrogen (secondary N) is 2. The summed E-state index contributed by atoms with van der Waals surface area (Å²) in [6.07, 6.45) is 3.86. The molecule has 0 aliphatic carbocycles. The molecular formula is C24H32IN5. The summed E-state index contributed by atoms with van der Waals surface area (Å²) < 4.78 is 2.15. The Morgan fingerprint density at radius 1 is 1.07 bits per heavy atom. The minimum atomic E-state index is 0. The number of benzene rings is 2. The Hall–Kier alpha value is -2.35. The van der Waals surface area contributed by atoms with Gasteiger partial charge in [0.05, 0.1) is 0 Å². The van der Waals surface area contributed by atoms with Gasteiger partial charge in [-0.05, 0) is 36.5 Å². The maximum absolute atomic E-state index is 4.36. The largest absolute Gasteiger partial charge is 0.356 e. The lowest BCUT2D eigenvalue weighted by Gasteiger charge is -2.17. The monoisotopic (exact) mass is 517 g/mol. The second kappa shape index (κ2) is 11.7. The van der Waals surface area contributed by atoms with Gasteiger partial charge in [0.1, 0.15) is 5.82 Å². The molecule has 160 valence electrons. The van der Waals surface area contributed by atoms with E-state index in [-0.39, 0.29) is 24.0 Å². The van der Waals surface area contributed by atoms with E-state index in [0.29, 0.717) is 5.92 Å². The number of nitrogens with zero attached hydrogens (tertiary/aromatic N) is 3. The lowest BCUT2D eigenvalue weighted by atomic mass is 10.0. The van der Waals surface area contributed by atoms with Crippen LogP contribution in [0.3, 0.4) is 0 Å². The number of hydrogen-bond donors (Lipinski definition) is 2. The third kappa shape index (κ3) is 6.86. The molecule has 0 fully saturated rings. The van der Waals surface area contributed by atoms with E-state index in [1.165, 1.54) is 22.3 Å². The lowest BCUT2D eigenvalue weighted by Crippen LogP contribution is -2.38. The summed E-state index contributed by atoms with van der Waals surface area (Å²) in [7, 11) is 1.81. The molecule has 1 unspecified atom stereocenters. The normalized spacial score (nSPS) is 12.2. The quantitative estimate of drug-likeness (QED) is 0.273. The summed E-state index contributed by atoms with van der Waals surface area (Å²) in [5.41, 5.74) is 5.12. The summed E-state index contributed by atoms with van der Waals surface area (Å²) in [4.78, 5) is 8.65. The number of hydrogen-bond acceptors (Lipinski definition) is 2. The summed E-state index contributed by atoms with van der Waals surface area (Å²) in [6, 6.07) is 17.4. The zero-order valence-corrected chi connectivity index (χ0v) is 20.6. The van der Waals surface area contributed by atoms with E-state index in [9.17, 15) is 0 Å². The van der Waals surface area contributed by atoms with Gasteiger partial charge in [-0.15, -0.1) is 24.0 Å². The summed E-state index contributed by atoms with van der Waals surface area (Å²) >= 11 is 0. The van der Waals surface area contributed by atoms with Gasteiger partial charge in [0, 0.05) is 39.1 Å². The van der Waals surface area contributed by atoms with E-state index < -0.39 is 0 Å². The average Bonchev–Trinajstić information content (AvgIpc) is 3.13. The van der Waals surface area contributed by atoms with Gasteiger partial charge in [0.25, 0.3) is 0 Å². The topological polar surface area (TPSA) is 54.2 Å². The first-order chi connectivity index (χ1) is 14.0. The molecule has 3 aromatic rings. The lowest BCUT2D eigenvalue weighted by molar-refractivity contribution is 0.698. The molecule has 0 saturated heterocycles. The van der Waals surface area contributed by atoms with Crippen LogP contribution in [0.25, 0.3) is 0 Å². The van der Waals surface area contributed by atoms with Crippen molar-refractivity contribution in [2.75, 3.05) is 13.6 Å². The van der Waals surface area contributed by atoms with Crippen molar-refractivity contribution in [1.82, 2.24) is 20.2 Å². The Morgan fingerprint density at radius 3 is 2.47 bits per heavy atom. The molecule has 1 heterocycles. The minimum absolute atomic E-state index is 0. The molecule has 3 rings (SSSR count). The van der Waals surface area contributed by atoms with Crippen LogP contribution < -0.4 is 10.6 Å². The molecule has 2 aromatic carbocycles. The molecule has 0 radical (unpaired) electrons. The maximum atomic E-state index is 4.36. The Balaban J connectivity index is 0.00000320. The van der Waals surface area contributed by atoms with Gasteiger partial charge in [-0.3, -0.25) is 4.99 Å². The first kappa shape index (κ1) is 23.9. The van der Waals surface area contributed by atoms with Crippen molar-refractivity contribution in [2.24, 2.45) is 4.99 Å². The maximum Gasteiger partial charge on any atom is 0.191 e. The highest BCUT2D eigenvalue weighted by Gasteiger charge is 2.07. The fourth-order valence-electron chi connectivity index (χ4n) is 3.27. The van der Waals surface area contributed by atoms with Gasteiger partial charge in [0.2, 0.25) is 0 Å². The molecule has 0 spiro atoms. The van der Waals surface area contributed by atoms with Gasteiger partial charge in [0.15, 0.2) is 5.96 Å². The third-order valence-corrected chi connectivity index (χ3v) is 5.17. The zero-order chi connectivity index (χ0) is 20.6. The van der Waals surface area contributed by atoms with Gasteiger partial charge in [-0.1, -0.05) is 61.0 Å². The molecule has 0 saturated carbocycles. The summed E-state index contributed by atoms with van der Waals surface area (Å²) in [6.45, 7) is 8.77. The number of aliphatic imine (C=N–C) groups is 1. The Morgan fingerprint density at radius 2 is 1.80 bits per heavy atom. The van der Waals surface area contributed by atoms with Crippen LogP contribution in [-0.4, -0.2) is 29.1 Å². The highest BCUT2D eigenvalue weighted by molar-refractivity contribution is 14.0. The van der Waals surface area contributed by atoms with E-state index >= 15 is 0 Å². The molecule has 6 heteroatoms. The predicted molar refractivity (Wildman–Crippen MR) is 136 cm³/mol. The van der Waals surface area contributed by atoms with Gasteiger partial charge in [-0.2, -0.15) is 0 Å². The number of imidazole rings is 1. The first-order valence-electron chi connectivity index (χ1n) is 10.1. The fourth-order valence-corrected chi connectivity index (χ4v) is 3.27. The summed E-state index contributed by atoms with van der Waals surface area (Å²) in [5.74, 6) is 2.26. The predicted octanol–water partition coefficient (Wildman–Crippen LogP) is 4.63. The van der Waals surface area contributed by atoms with E-state index in [2.05, 4.69) is 87.6 Å². The van der Waals surface area contributed by atoms with Crippen molar-refractivity contribution in [1.29, 1.82) is 0 Å². The molecular weight excluding hydrogens is 485 g/mol. The van der Waals surface area contributed by atoms with Crippen LogP contribution in [0, 0.1) is 13.8 Å². The SMILES string of the molecule is CN=C(NCc1cccc(Cn2ccnc2C)c1)NCC(C)c1ccc(C)cc1.I. The number of aryl methyl sites for hydroxylation is 2. The van der Waals surface area contributed by atoms with Gasteiger partial charge < -0.3 is 15.2 Å². The molecule has 0 bridgehead atoms. The number of halogens is 1. The molecule has 1 aromatic heterocycles. The van der Waals surface area contributed by atoms with E-state index in [0.717, 1.165) is 31.4 Å². The van der Waals surface area contributed by atoms with Crippen molar-refractivity contribution >= 4 is 29.9 Å². The highest BCUT2D eigenvalue weighted by atomic mass is 127. The van der Waals surface area contributed by atoms with Crippen LogP contribution in [0.15, 0.2) is 65.9 Å². The Bertz CT molecular complexity index is 946. The molecule has 0 amide bonds. The van der Waals surface area contributed by atoms with Crippen LogP contribution in [0.2, 0.25) is 0 Å². The smallest absolute Gasteiger partial charge is 0.191 e. The van der Waals surface area contributed by atoms with E-state index in [1.807, 2.05) is 26.4 Å². The molecule has 0 aliphatic heterocycles. The van der Waals surface area contributed by atoms with Crippen LogP contribution in [0.4, 0.5) is 0 Å². The zero-order valence-electron chi connectivity index (χ0n) is 18.2. The second-order valence-electron chi connectivity index (χ2n) is 7.54. The number of rotatable bonds is 7. The molecule has 1 atom stereocenters. The minimum Gasteiger partial charge on any atom is -0.356 e. The van der Waals surface area contributed by atoms with Crippen molar-refractivity contribution in [3.05, 3.63) is 89.0 Å². The van der Waals surface area contributed by atoms with Crippen molar-refractivity contribution in [3.8, 4) is 0 Å². The standard InChI is InChI=1S/C24H31N5.HI/c1-18-8-10-23(11-9-18)19(2)15-27-24(25-4)28-16-21-6-5-7-22(14-21)17-29-13-12-26-20(29)3;/h5-14,19H,15-17H2,1-4H3,(H2,25,27,28);1H. The van der Waals surface area contributed by atoms with Crippen LogP contribution in [0.5, 0.6) is 0 Å². The Labute approximate surface area is 197 Å². The highest BCUT2D eigenvalue weighted by Crippen LogP contribution is 2.14.